The van der Waals surface area contributed by atoms with E-state index >= 15 is 0 Å². The van der Waals surface area contributed by atoms with Gasteiger partial charge in [0.15, 0.2) is 0 Å². The van der Waals surface area contributed by atoms with Gasteiger partial charge in [0.25, 0.3) is 5.56 Å². The number of hydrogen-bond donors (Lipinski definition) is 2. The largest absolute Gasteiger partial charge is 0.380 e. The molecule has 1 saturated heterocycles. The molecule has 21 heavy (non-hydrogen) atoms. The van der Waals surface area contributed by atoms with E-state index in [9.17, 15) is 4.79 Å². The molecular weight excluding hydrogens is 286 g/mol. The minimum absolute atomic E-state index is 0.0347. The van der Waals surface area contributed by atoms with Gasteiger partial charge in [-0.05, 0) is 39.2 Å². The summed E-state index contributed by atoms with van der Waals surface area (Å²) in [6, 6.07) is 0. The van der Waals surface area contributed by atoms with Gasteiger partial charge in [-0.3, -0.25) is 4.79 Å². The molecule has 2 aromatic heterocycles. The first-order valence-electron chi connectivity index (χ1n) is 7.30. The Balaban J connectivity index is 1.83. The van der Waals surface area contributed by atoms with Gasteiger partial charge in [0.05, 0.1) is 18.5 Å². The molecule has 0 aromatic carbocycles. The van der Waals surface area contributed by atoms with Crippen LogP contribution in [0.5, 0.6) is 0 Å². The van der Waals surface area contributed by atoms with Crippen molar-refractivity contribution in [1.29, 1.82) is 0 Å². The Kier molecular flexibility index (Phi) is 3.86. The number of hydrogen-bond acceptors (Lipinski definition) is 5. The lowest BCUT2D eigenvalue weighted by Gasteiger charge is -2.34. The Bertz CT molecular complexity index is 714. The highest BCUT2D eigenvalue weighted by molar-refractivity contribution is 7.18. The number of thiophene rings is 1. The van der Waals surface area contributed by atoms with Crippen LogP contribution in [-0.2, 0) is 11.3 Å². The van der Waals surface area contributed by atoms with Gasteiger partial charge in [0.1, 0.15) is 10.7 Å². The summed E-state index contributed by atoms with van der Waals surface area (Å²) >= 11 is 1.58. The van der Waals surface area contributed by atoms with Crippen LogP contribution >= 0.6 is 11.3 Å². The zero-order chi connectivity index (χ0) is 15.0. The highest BCUT2D eigenvalue weighted by Crippen LogP contribution is 2.25. The van der Waals surface area contributed by atoms with Crippen molar-refractivity contribution in [3.8, 4) is 0 Å². The van der Waals surface area contributed by atoms with Gasteiger partial charge in [-0.1, -0.05) is 0 Å². The Morgan fingerprint density at radius 3 is 3.00 bits per heavy atom. The second kappa shape index (κ2) is 5.51. The van der Waals surface area contributed by atoms with Crippen LogP contribution in [0, 0.1) is 13.8 Å². The molecule has 0 spiro atoms. The molecule has 6 heteroatoms. The van der Waals surface area contributed by atoms with Crippen LogP contribution in [0.3, 0.4) is 0 Å². The number of H-pyrrole nitrogens is 1. The fourth-order valence-corrected chi connectivity index (χ4v) is 3.80. The van der Waals surface area contributed by atoms with Gasteiger partial charge in [0.2, 0.25) is 0 Å². The van der Waals surface area contributed by atoms with Crippen LogP contribution in [0.15, 0.2) is 4.79 Å². The predicted molar refractivity (Wildman–Crippen MR) is 85.0 cm³/mol. The third-order valence-corrected chi connectivity index (χ3v) is 5.31. The molecule has 0 saturated carbocycles. The minimum Gasteiger partial charge on any atom is -0.380 e. The van der Waals surface area contributed by atoms with Gasteiger partial charge in [-0.25, -0.2) is 4.98 Å². The predicted octanol–water partition coefficient (Wildman–Crippen LogP) is 2.26. The lowest BCUT2D eigenvalue weighted by molar-refractivity contribution is 0.0275. The van der Waals surface area contributed by atoms with E-state index in [-0.39, 0.29) is 11.1 Å². The number of ether oxygens (including phenoxy) is 1. The molecule has 0 bridgehead atoms. The highest BCUT2D eigenvalue weighted by atomic mass is 32.1. The number of nitrogens with one attached hydrogen (secondary N) is 2. The van der Waals surface area contributed by atoms with Gasteiger partial charge < -0.3 is 15.0 Å². The molecule has 1 aliphatic heterocycles. The molecule has 114 valence electrons. The first kappa shape index (κ1) is 14.7. The second-order valence-electron chi connectivity index (χ2n) is 6.05. The quantitative estimate of drug-likeness (QED) is 0.913. The minimum atomic E-state index is -0.0382. The van der Waals surface area contributed by atoms with Crippen molar-refractivity contribution in [3.05, 3.63) is 26.6 Å². The number of aryl methyl sites for hydroxylation is 2. The maximum atomic E-state index is 12.2. The van der Waals surface area contributed by atoms with Crippen molar-refractivity contribution >= 4 is 21.6 Å². The maximum absolute atomic E-state index is 12.2. The van der Waals surface area contributed by atoms with Crippen LogP contribution in [0.4, 0.5) is 0 Å². The van der Waals surface area contributed by atoms with Crippen molar-refractivity contribution in [3.63, 3.8) is 0 Å². The van der Waals surface area contributed by atoms with Crippen LogP contribution in [0.25, 0.3) is 10.2 Å². The van der Waals surface area contributed by atoms with Crippen molar-refractivity contribution < 1.29 is 4.74 Å². The summed E-state index contributed by atoms with van der Waals surface area (Å²) in [5, 5.41) is 4.20. The van der Waals surface area contributed by atoms with Crippen LogP contribution in [-0.4, -0.2) is 28.7 Å². The Hall–Kier alpha value is -1.24. The third-order valence-electron chi connectivity index (χ3n) is 4.21. The zero-order valence-electron chi connectivity index (χ0n) is 12.7. The van der Waals surface area contributed by atoms with Crippen molar-refractivity contribution in [1.82, 2.24) is 15.3 Å². The number of aromatic amines is 1. The monoisotopic (exact) mass is 307 g/mol. The Morgan fingerprint density at radius 1 is 1.48 bits per heavy atom. The average Bonchev–Trinajstić information content (AvgIpc) is 2.73. The van der Waals surface area contributed by atoms with E-state index in [0.717, 1.165) is 40.1 Å². The van der Waals surface area contributed by atoms with Crippen molar-refractivity contribution in [2.24, 2.45) is 0 Å². The summed E-state index contributed by atoms with van der Waals surface area (Å²) in [6.07, 6.45) is 2.15. The normalized spacial score (nSPS) is 22.8. The van der Waals surface area contributed by atoms with Crippen LogP contribution in [0.1, 0.15) is 36.0 Å². The van der Waals surface area contributed by atoms with E-state index in [2.05, 4.69) is 22.2 Å². The molecule has 1 atom stereocenters. The van der Waals surface area contributed by atoms with Gasteiger partial charge in [-0.15, -0.1) is 11.3 Å². The van der Waals surface area contributed by atoms with Crippen LogP contribution < -0.4 is 10.9 Å². The summed E-state index contributed by atoms with van der Waals surface area (Å²) in [5.41, 5.74) is 0.965. The average molecular weight is 307 g/mol. The first-order chi connectivity index (χ1) is 9.98. The zero-order valence-corrected chi connectivity index (χ0v) is 13.5. The summed E-state index contributed by atoms with van der Waals surface area (Å²) in [5.74, 6) is 0.695. The lowest BCUT2D eigenvalue weighted by atomic mass is 9.95. The first-order valence-corrected chi connectivity index (χ1v) is 8.12. The van der Waals surface area contributed by atoms with Gasteiger partial charge >= 0.3 is 0 Å². The smallest absolute Gasteiger partial charge is 0.259 e. The summed E-state index contributed by atoms with van der Waals surface area (Å²) < 4.78 is 5.53. The molecular formula is C15H21N3O2S. The van der Waals surface area contributed by atoms with E-state index < -0.39 is 0 Å². The second-order valence-corrected chi connectivity index (χ2v) is 7.25. The fraction of sp³-hybridized carbons (Fsp3) is 0.600. The summed E-state index contributed by atoms with van der Waals surface area (Å²) in [7, 11) is 0. The molecule has 2 aromatic rings. The van der Waals surface area contributed by atoms with Crippen LogP contribution in [0.2, 0.25) is 0 Å². The lowest BCUT2D eigenvalue weighted by Crippen LogP contribution is -2.48. The number of aromatic nitrogens is 2. The molecule has 1 fully saturated rings. The summed E-state index contributed by atoms with van der Waals surface area (Å²) in [6.45, 7) is 8.26. The summed E-state index contributed by atoms with van der Waals surface area (Å²) in [4.78, 5) is 21.7. The topological polar surface area (TPSA) is 67.0 Å². The molecule has 1 unspecified atom stereocenters. The third kappa shape index (κ3) is 2.88. The maximum Gasteiger partial charge on any atom is 0.259 e. The van der Waals surface area contributed by atoms with E-state index in [1.165, 1.54) is 0 Å². The standard InChI is InChI=1S/C15H21N3O2S/c1-9-10(2)21-14-12(9)13(19)17-11(18-14)7-16-15(3)5-4-6-20-8-15/h16H,4-8H2,1-3H3,(H,17,18,19). The molecule has 0 aliphatic carbocycles. The molecule has 3 rings (SSSR count). The van der Waals surface area contributed by atoms with Gasteiger partial charge in [0, 0.05) is 17.0 Å². The number of fused-ring (bicyclic) bond motifs is 1. The Morgan fingerprint density at radius 2 is 2.29 bits per heavy atom. The van der Waals surface area contributed by atoms with E-state index in [1.54, 1.807) is 11.3 Å². The molecule has 0 radical (unpaired) electrons. The van der Waals surface area contributed by atoms with E-state index in [1.807, 2.05) is 13.8 Å². The number of nitrogens with zero attached hydrogens (tertiary/aromatic N) is 1. The Labute approximate surface area is 127 Å². The molecule has 3 heterocycles. The molecule has 2 N–H and O–H groups in total. The number of rotatable bonds is 3. The highest BCUT2D eigenvalue weighted by Gasteiger charge is 2.27. The van der Waals surface area contributed by atoms with Crippen molar-refractivity contribution in [2.45, 2.75) is 45.7 Å². The molecule has 1 aliphatic rings. The van der Waals surface area contributed by atoms with Crippen molar-refractivity contribution in [2.75, 3.05) is 13.2 Å². The van der Waals surface area contributed by atoms with E-state index in [0.29, 0.717) is 19.0 Å². The molecule has 5 nitrogen and oxygen atoms in total. The molecule has 0 amide bonds. The SMILES string of the molecule is Cc1sc2nc(CNC3(C)CCCOC3)[nH]c(=O)c2c1C. The van der Waals surface area contributed by atoms with E-state index in [4.69, 9.17) is 4.74 Å². The van der Waals surface area contributed by atoms with Gasteiger partial charge in [-0.2, -0.15) is 0 Å². The fourth-order valence-electron chi connectivity index (χ4n) is 2.75.